The van der Waals surface area contributed by atoms with Crippen molar-refractivity contribution in [2.45, 2.75) is 25.8 Å². The van der Waals surface area contributed by atoms with Crippen LogP contribution in [0.3, 0.4) is 0 Å². The number of hydrogen-bond acceptors (Lipinski definition) is 4. The molecule has 2 heterocycles. The standard InChI is InChI=1S/C14H17N3O3/c1-3-8-17(11-9-12(18)16(2)14(11)20)13(19)10-6-4-5-7-15-10/h4-7,11H,3,8-9H2,1-2H3/t11-/m0/s1. The summed E-state index contributed by atoms with van der Waals surface area (Å²) in [6, 6.07) is 4.34. The van der Waals surface area contributed by atoms with Gasteiger partial charge in [0.1, 0.15) is 11.7 Å². The van der Waals surface area contributed by atoms with Crippen molar-refractivity contribution in [2.24, 2.45) is 0 Å². The monoisotopic (exact) mass is 275 g/mol. The van der Waals surface area contributed by atoms with E-state index in [4.69, 9.17) is 0 Å². The summed E-state index contributed by atoms with van der Waals surface area (Å²) < 4.78 is 0. The topological polar surface area (TPSA) is 70.6 Å². The molecule has 0 bridgehead atoms. The van der Waals surface area contributed by atoms with Crippen LogP contribution in [-0.4, -0.2) is 52.1 Å². The molecule has 6 heteroatoms. The van der Waals surface area contributed by atoms with E-state index in [1.54, 1.807) is 18.2 Å². The number of nitrogens with zero attached hydrogens (tertiary/aromatic N) is 3. The highest BCUT2D eigenvalue weighted by Crippen LogP contribution is 2.19. The second-order valence-electron chi connectivity index (χ2n) is 4.72. The minimum atomic E-state index is -0.707. The Balaban J connectivity index is 2.26. The molecule has 0 spiro atoms. The van der Waals surface area contributed by atoms with Gasteiger partial charge in [0.15, 0.2) is 0 Å². The van der Waals surface area contributed by atoms with Crippen LogP contribution in [0, 0.1) is 0 Å². The molecule has 106 valence electrons. The van der Waals surface area contributed by atoms with E-state index < -0.39 is 6.04 Å². The maximum atomic E-state index is 12.5. The van der Waals surface area contributed by atoms with Gasteiger partial charge in [-0.1, -0.05) is 13.0 Å². The summed E-state index contributed by atoms with van der Waals surface area (Å²) in [5, 5.41) is 0. The lowest BCUT2D eigenvalue weighted by Crippen LogP contribution is -2.45. The van der Waals surface area contributed by atoms with Gasteiger partial charge in [-0.2, -0.15) is 0 Å². The first-order valence-electron chi connectivity index (χ1n) is 6.58. The maximum absolute atomic E-state index is 12.5. The van der Waals surface area contributed by atoms with Crippen molar-refractivity contribution < 1.29 is 14.4 Å². The first-order valence-corrected chi connectivity index (χ1v) is 6.58. The van der Waals surface area contributed by atoms with E-state index in [9.17, 15) is 14.4 Å². The van der Waals surface area contributed by atoms with Gasteiger partial charge >= 0.3 is 0 Å². The first-order chi connectivity index (χ1) is 9.56. The Morgan fingerprint density at radius 2 is 2.20 bits per heavy atom. The van der Waals surface area contributed by atoms with Crippen LogP contribution in [-0.2, 0) is 9.59 Å². The Bertz CT molecular complexity index is 530. The number of carbonyl (C=O) groups excluding carboxylic acids is 3. The minimum absolute atomic E-state index is 0.0495. The lowest BCUT2D eigenvalue weighted by Gasteiger charge is -2.26. The number of imide groups is 1. The Morgan fingerprint density at radius 1 is 1.45 bits per heavy atom. The molecular formula is C14H17N3O3. The predicted molar refractivity (Wildman–Crippen MR) is 71.7 cm³/mol. The van der Waals surface area contributed by atoms with Gasteiger partial charge in [-0.25, -0.2) is 0 Å². The molecule has 1 aliphatic heterocycles. The predicted octanol–water partition coefficient (Wildman–Crippen LogP) is 0.691. The molecule has 0 unspecified atom stereocenters. The van der Waals surface area contributed by atoms with Crippen molar-refractivity contribution in [3.63, 3.8) is 0 Å². The zero-order chi connectivity index (χ0) is 14.7. The molecular weight excluding hydrogens is 258 g/mol. The van der Waals surface area contributed by atoms with E-state index in [2.05, 4.69) is 4.98 Å². The average molecular weight is 275 g/mol. The van der Waals surface area contributed by atoms with E-state index >= 15 is 0 Å². The third-order valence-corrected chi connectivity index (χ3v) is 3.34. The summed E-state index contributed by atoms with van der Waals surface area (Å²) in [5.41, 5.74) is 0.288. The minimum Gasteiger partial charge on any atom is -0.325 e. The lowest BCUT2D eigenvalue weighted by molar-refractivity contribution is -0.137. The smallest absolute Gasteiger partial charge is 0.273 e. The molecule has 1 atom stereocenters. The summed E-state index contributed by atoms with van der Waals surface area (Å²) in [4.78, 5) is 42.7. The summed E-state index contributed by atoms with van der Waals surface area (Å²) in [6.07, 6.45) is 2.29. The Kier molecular flexibility index (Phi) is 4.12. The van der Waals surface area contributed by atoms with Crippen molar-refractivity contribution in [2.75, 3.05) is 13.6 Å². The lowest BCUT2D eigenvalue weighted by atomic mass is 10.1. The summed E-state index contributed by atoms with van der Waals surface area (Å²) >= 11 is 0. The molecule has 0 aliphatic carbocycles. The van der Waals surface area contributed by atoms with E-state index in [1.807, 2.05) is 6.92 Å². The van der Waals surface area contributed by atoms with Crippen LogP contribution in [0.2, 0.25) is 0 Å². The summed E-state index contributed by atoms with van der Waals surface area (Å²) in [6.45, 7) is 2.34. The SMILES string of the molecule is CCCN(C(=O)c1ccccn1)[C@H]1CC(=O)N(C)C1=O. The Labute approximate surface area is 117 Å². The molecule has 1 fully saturated rings. The second-order valence-corrected chi connectivity index (χ2v) is 4.72. The number of aromatic nitrogens is 1. The van der Waals surface area contributed by atoms with E-state index in [-0.39, 0.29) is 29.8 Å². The molecule has 0 aromatic carbocycles. The maximum Gasteiger partial charge on any atom is 0.273 e. The van der Waals surface area contributed by atoms with Crippen molar-refractivity contribution in [1.82, 2.24) is 14.8 Å². The van der Waals surface area contributed by atoms with Crippen molar-refractivity contribution >= 4 is 17.7 Å². The van der Waals surface area contributed by atoms with Crippen molar-refractivity contribution in [1.29, 1.82) is 0 Å². The third kappa shape index (κ3) is 2.54. The fraction of sp³-hybridized carbons (Fsp3) is 0.429. The number of carbonyl (C=O) groups is 3. The Morgan fingerprint density at radius 3 is 2.70 bits per heavy atom. The van der Waals surface area contributed by atoms with Gasteiger partial charge in [0, 0.05) is 19.8 Å². The molecule has 1 aliphatic rings. The average Bonchev–Trinajstić information content (AvgIpc) is 2.72. The zero-order valence-electron chi connectivity index (χ0n) is 11.6. The van der Waals surface area contributed by atoms with Crippen LogP contribution in [0.25, 0.3) is 0 Å². The summed E-state index contributed by atoms with van der Waals surface area (Å²) in [5.74, 6) is -0.892. The van der Waals surface area contributed by atoms with Crippen LogP contribution in [0.5, 0.6) is 0 Å². The van der Waals surface area contributed by atoms with Crippen molar-refractivity contribution in [3.05, 3.63) is 30.1 Å². The number of hydrogen-bond donors (Lipinski definition) is 0. The van der Waals surface area contributed by atoms with Gasteiger partial charge in [-0.05, 0) is 18.6 Å². The highest BCUT2D eigenvalue weighted by atomic mass is 16.2. The molecule has 1 saturated heterocycles. The quantitative estimate of drug-likeness (QED) is 0.758. The highest BCUT2D eigenvalue weighted by molar-refractivity contribution is 6.07. The van der Waals surface area contributed by atoms with Crippen LogP contribution in [0.4, 0.5) is 0 Å². The van der Waals surface area contributed by atoms with Gasteiger partial charge in [-0.15, -0.1) is 0 Å². The number of likely N-dealkylation sites (tertiary alicyclic amines) is 1. The molecule has 3 amide bonds. The van der Waals surface area contributed by atoms with Crippen LogP contribution >= 0.6 is 0 Å². The first kappa shape index (κ1) is 14.2. The molecule has 2 rings (SSSR count). The van der Waals surface area contributed by atoms with Gasteiger partial charge in [0.05, 0.1) is 6.42 Å². The fourth-order valence-corrected chi connectivity index (χ4v) is 2.26. The van der Waals surface area contributed by atoms with Crippen LogP contribution in [0.15, 0.2) is 24.4 Å². The number of likely N-dealkylation sites (N-methyl/N-ethyl adjacent to an activating group) is 1. The second kappa shape index (κ2) is 5.81. The summed E-state index contributed by atoms with van der Waals surface area (Å²) in [7, 11) is 1.44. The zero-order valence-corrected chi connectivity index (χ0v) is 11.6. The largest absolute Gasteiger partial charge is 0.325 e. The molecule has 6 nitrogen and oxygen atoms in total. The number of pyridine rings is 1. The number of rotatable bonds is 4. The molecule has 0 N–H and O–H groups in total. The van der Waals surface area contributed by atoms with Gasteiger partial charge in [0.25, 0.3) is 11.8 Å². The van der Waals surface area contributed by atoms with E-state index in [1.165, 1.54) is 18.1 Å². The molecule has 20 heavy (non-hydrogen) atoms. The normalized spacial score (nSPS) is 18.5. The van der Waals surface area contributed by atoms with Gasteiger partial charge in [-0.3, -0.25) is 24.3 Å². The highest BCUT2D eigenvalue weighted by Gasteiger charge is 2.41. The van der Waals surface area contributed by atoms with Crippen LogP contribution < -0.4 is 0 Å². The van der Waals surface area contributed by atoms with Gasteiger partial charge < -0.3 is 4.90 Å². The fourth-order valence-electron chi connectivity index (χ4n) is 2.26. The van der Waals surface area contributed by atoms with E-state index in [0.29, 0.717) is 13.0 Å². The molecule has 0 radical (unpaired) electrons. The van der Waals surface area contributed by atoms with Gasteiger partial charge in [0.2, 0.25) is 5.91 Å². The molecule has 1 aromatic heterocycles. The van der Waals surface area contributed by atoms with E-state index in [0.717, 1.165) is 4.90 Å². The number of amides is 3. The third-order valence-electron chi connectivity index (χ3n) is 3.34. The Hall–Kier alpha value is -2.24. The molecule has 0 saturated carbocycles. The molecule has 1 aromatic rings. The van der Waals surface area contributed by atoms with Crippen LogP contribution in [0.1, 0.15) is 30.3 Å². The van der Waals surface area contributed by atoms with Crippen molar-refractivity contribution in [3.8, 4) is 0 Å².